The van der Waals surface area contributed by atoms with E-state index < -0.39 is 0 Å². The summed E-state index contributed by atoms with van der Waals surface area (Å²) in [6.45, 7) is 3.88. The van der Waals surface area contributed by atoms with Gasteiger partial charge in [-0.1, -0.05) is 6.07 Å². The molecular formula is C15H23N3O2. The van der Waals surface area contributed by atoms with Gasteiger partial charge in [0.15, 0.2) is 0 Å². The summed E-state index contributed by atoms with van der Waals surface area (Å²) in [5.74, 6) is 0.0253. The molecule has 0 aromatic heterocycles. The lowest BCUT2D eigenvalue weighted by atomic mass is 9.98. The number of nitrogens with one attached hydrogen (secondary N) is 1. The van der Waals surface area contributed by atoms with E-state index in [2.05, 4.69) is 10.2 Å². The maximum absolute atomic E-state index is 12.2. The summed E-state index contributed by atoms with van der Waals surface area (Å²) in [6, 6.07) is 5.71. The van der Waals surface area contributed by atoms with E-state index in [1.165, 1.54) is 0 Å². The van der Waals surface area contributed by atoms with Gasteiger partial charge in [0, 0.05) is 31.6 Å². The minimum absolute atomic E-state index is 0.0253. The van der Waals surface area contributed by atoms with Gasteiger partial charge in [0.05, 0.1) is 6.61 Å². The molecule has 1 heterocycles. The molecule has 5 heteroatoms. The first-order chi connectivity index (χ1) is 9.65. The average molecular weight is 277 g/mol. The van der Waals surface area contributed by atoms with Gasteiger partial charge >= 0.3 is 0 Å². The van der Waals surface area contributed by atoms with E-state index in [4.69, 9.17) is 10.5 Å². The Bertz CT molecular complexity index is 476. The summed E-state index contributed by atoms with van der Waals surface area (Å²) in [5.41, 5.74) is 9.10. The van der Waals surface area contributed by atoms with Crippen molar-refractivity contribution in [2.24, 2.45) is 0 Å². The largest absolute Gasteiger partial charge is 0.398 e. The predicted molar refractivity (Wildman–Crippen MR) is 80.9 cm³/mol. The molecule has 0 bridgehead atoms. The van der Waals surface area contributed by atoms with Crippen LogP contribution in [0.2, 0.25) is 0 Å². The second-order valence-electron chi connectivity index (χ2n) is 5.10. The molecule has 1 aromatic carbocycles. The zero-order valence-corrected chi connectivity index (χ0v) is 12.2. The van der Waals surface area contributed by atoms with E-state index in [-0.39, 0.29) is 11.9 Å². The molecule has 0 saturated carbocycles. The van der Waals surface area contributed by atoms with Gasteiger partial charge < -0.3 is 20.7 Å². The topological polar surface area (TPSA) is 67.6 Å². The van der Waals surface area contributed by atoms with Crippen molar-refractivity contribution in [1.29, 1.82) is 0 Å². The molecule has 0 fully saturated rings. The fraction of sp³-hybridized carbons (Fsp3) is 0.533. The molecule has 1 aliphatic rings. The Hall–Kier alpha value is -1.75. The monoisotopic (exact) mass is 277 g/mol. The Morgan fingerprint density at radius 1 is 1.55 bits per heavy atom. The second-order valence-corrected chi connectivity index (χ2v) is 5.10. The zero-order valence-electron chi connectivity index (χ0n) is 12.2. The smallest absolute Gasteiger partial charge is 0.242 e. The number of nitrogen functional groups attached to an aromatic ring is 1. The van der Waals surface area contributed by atoms with E-state index in [1.807, 2.05) is 25.1 Å². The molecule has 20 heavy (non-hydrogen) atoms. The maximum atomic E-state index is 12.2. The van der Waals surface area contributed by atoms with E-state index in [9.17, 15) is 4.79 Å². The Kier molecular flexibility index (Phi) is 4.84. The van der Waals surface area contributed by atoms with Gasteiger partial charge in [-0.2, -0.15) is 0 Å². The van der Waals surface area contributed by atoms with Crippen LogP contribution in [0.25, 0.3) is 0 Å². The normalized spacial score (nSPS) is 15.6. The fourth-order valence-electron chi connectivity index (χ4n) is 2.65. The van der Waals surface area contributed by atoms with Crippen LogP contribution in [0.1, 0.15) is 18.9 Å². The number of ether oxygens (including phenoxy) is 1. The number of hydrogen-bond acceptors (Lipinski definition) is 4. The number of carbonyl (C=O) groups is 1. The van der Waals surface area contributed by atoms with Crippen molar-refractivity contribution >= 4 is 17.3 Å². The number of rotatable bonds is 5. The van der Waals surface area contributed by atoms with Crippen molar-refractivity contribution in [3.63, 3.8) is 0 Å². The van der Waals surface area contributed by atoms with Crippen LogP contribution in [0, 0.1) is 0 Å². The highest BCUT2D eigenvalue weighted by atomic mass is 16.5. The molecule has 3 N–H and O–H groups in total. The van der Waals surface area contributed by atoms with E-state index in [0.29, 0.717) is 13.2 Å². The quantitative estimate of drug-likeness (QED) is 0.626. The molecule has 0 spiro atoms. The Morgan fingerprint density at radius 3 is 3.10 bits per heavy atom. The Balaban J connectivity index is 2.10. The molecule has 1 atom stereocenters. The molecule has 110 valence electrons. The molecule has 1 amide bonds. The average Bonchev–Trinajstić information content (AvgIpc) is 2.46. The summed E-state index contributed by atoms with van der Waals surface area (Å²) in [6.07, 6.45) is 2.01. The van der Waals surface area contributed by atoms with Gasteiger partial charge in [-0.3, -0.25) is 4.79 Å². The summed E-state index contributed by atoms with van der Waals surface area (Å²) < 4.78 is 4.94. The molecule has 0 saturated heterocycles. The van der Waals surface area contributed by atoms with Gasteiger partial charge in [-0.05, 0) is 37.5 Å². The minimum atomic E-state index is -0.201. The lowest BCUT2D eigenvalue weighted by Gasteiger charge is -2.36. The third-order valence-corrected chi connectivity index (χ3v) is 3.78. The molecule has 1 unspecified atom stereocenters. The molecule has 0 aliphatic carbocycles. The third-order valence-electron chi connectivity index (χ3n) is 3.78. The lowest BCUT2D eigenvalue weighted by Crippen LogP contribution is -2.48. The van der Waals surface area contributed by atoms with Gasteiger partial charge in [0.2, 0.25) is 5.91 Å². The first-order valence-electron chi connectivity index (χ1n) is 7.05. The van der Waals surface area contributed by atoms with Crippen LogP contribution < -0.4 is 16.0 Å². The van der Waals surface area contributed by atoms with Crippen LogP contribution >= 0.6 is 0 Å². The number of hydrogen-bond donors (Lipinski definition) is 2. The fourth-order valence-corrected chi connectivity index (χ4v) is 2.65. The number of benzene rings is 1. The van der Waals surface area contributed by atoms with Crippen LogP contribution in [-0.4, -0.2) is 38.8 Å². The molecule has 1 aliphatic heterocycles. The Labute approximate surface area is 120 Å². The SMILES string of the molecule is COCCNC(=O)C(C)N1CCCc2c(N)cccc21. The summed E-state index contributed by atoms with van der Waals surface area (Å²) in [4.78, 5) is 14.3. The standard InChI is InChI=1S/C15H23N3O2/c1-11(15(19)17-8-10-20-2)18-9-4-5-12-13(16)6-3-7-14(12)18/h3,6-7,11H,4-5,8-10,16H2,1-2H3,(H,17,19). The summed E-state index contributed by atoms with van der Waals surface area (Å²) in [5, 5.41) is 2.89. The zero-order chi connectivity index (χ0) is 14.5. The molecule has 1 aromatic rings. The van der Waals surface area contributed by atoms with Crippen molar-refractivity contribution < 1.29 is 9.53 Å². The molecule has 5 nitrogen and oxygen atoms in total. The number of carbonyl (C=O) groups excluding carboxylic acids is 1. The van der Waals surface area contributed by atoms with Gasteiger partial charge in [-0.15, -0.1) is 0 Å². The van der Waals surface area contributed by atoms with Crippen molar-refractivity contribution in [3.05, 3.63) is 23.8 Å². The minimum Gasteiger partial charge on any atom is -0.398 e. The van der Waals surface area contributed by atoms with Gasteiger partial charge in [-0.25, -0.2) is 0 Å². The van der Waals surface area contributed by atoms with E-state index >= 15 is 0 Å². The van der Waals surface area contributed by atoms with Crippen molar-refractivity contribution in [2.75, 3.05) is 37.4 Å². The number of anilines is 2. The number of nitrogens with zero attached hydrogens (tertiary/aromatic N) is 1. The number of nitrogens with two attached hydrogens (primary N) is 1. The van der Waals surface area contributed by atoms with Crippen LogP contribution in [0.15, 0.2) is 18.2 Å². The van der Waals surface area contributed by atoms with Crippen LogP contribution in [0.4, 0.5) is 11.4 Å². The van der Waals surface area contributed by atoms with Crippen molar-refractivity contribution in [3.8, 4) is 0 Å². The Morgan fingerprint density at radius 2 is 2.35 bits per heavy atom. The van der Waals surface area contributed by atoms with Crippen LogP contribution in [-0.2, 0) is 16.0 Å². The number of methoxy groups -OCH3 is 1. The predicted octanol–water partition coefficient (Wildman–Crippen LogP) is 1.17. The van der Waals surface area contributed by atoms with E-state index in [0.717, 1.165) is 36.3 Å². The highest BCUT2D eigenvalue weighted by molar-refractivity contribution is 5.85. The third kappa shape index (κ3) is 3.04. The van der Waals surface area contributed by atoms with Crippen LogP contribution in [0.5, 0.6) is 0 Å². The highest BCUT2D eigenvalue weighted by Crippen LogP contribution is 2.32. The molecule has 2 rings (SSSR count). The summed E-state index contributed by atoms with van der Waals surface area (Å²) in [7, 11) is 1.62. The number of amides is 1. The van der Waals surface area contributed by atoms with Gasteiger partial charge in [0.25, 0.3) is 0 Å². The van der Waals surface area contributed by atoms with Crippen molar-refractivity contribution in [1.82, 2.24) is 5.32 Å². The first kappa shape index (κ1) is 14.7. The van der Waals surface area contributed by atoms with Crippen molar-refractivity contribution in [2.45, 2.75) is 25.8 Å². The van der Waals surface area contributed by atoms with E-state index in [1.54, 1.807) is 7.11 Å². The second kappa shape index (κ2) is 6.61. The van der Waals surface area contributed by atoms with Gasteiger partial charge in [0.1, 0.15) is 6.04 Å². The highest BCUT2D eigenvalue weighted by Gasteiger charge is 2.26. The molecular weight excluding hydrogens is 254 g/mol. The maximum Gasteiger partial charge on any atom is 0.242 e. The summed E-state index contributed by atoms with van der Waals surface area (Å²) >= 11 is 0. The lowest BCUT2D eigenvalue weighted by molar-refractivity contribution is -0.122. The molecule has 0 radical (unpaired) electrons. The number of fused-ring (bicyclic) bond motifs is 1. The van der Waals surface area contributed by atoms with Crippen LogP contribution in [0.3, 0.4) is 0 Å². The first-order valence-corrected chi connectivity index (χ1v) is 7.05.